The van der Waals surface area contributed by atoms with E-state index in [9.17, 15) is 4.79 Å². The summed E-state index contributed by atoms with van der Waals surface area (Å²) in [6, 6.07) is 5.55. The van der Waals surface area contributed by atoms with E-state index < -0.39 is 0 Å². The standard InChI is InChI=1S/C11H9N5O/c1-7-9(6-17)16-11(13-7)14-10(15-16)8-4-2-3-5-12-8/h2-6H,1H3,(H,13,14,15). The number of hydrogen-bond donors (Lipinski definition) is 1. The Bertz CT molecular complexity index is 683. The summed E-state index contributed by atoms with van der Waals surface area (Å²) < 4.78 is 1.56. The lowest BCUT2D eigenvalue weighted by atomic mass is 10.3. The number of imidazole rings is 1. The topological polar surface area (TPSA) is 75.9 Å². The van der Waals surface area contributed by atoms with Gasteiger partial charge in [-0.05, 0) is 19.1 Å². The van der Waals surface area contributed by atoms with Crippen LogP contribution in [0.5, 0.6) is 0 Å². The molecule has 0 aliphatic heterocycles. The molecule has 0 bridgehead atoms. The molecule has 6 heteroatoms. The molecule has 0 amide bonds. The highest BCUT2D eigenvalue weighted by Gasteiger charge is 2.13. The third kappa shape index (κ3) is 1.42. The molecule has 0 aliphatic rings. The average molecular weight is 227 g/mol. The summed E-state index contributed by atoms with van der Waals surface area (Å²) in [5.41, 5.74) is 1.86. The van der Waals surface area contributed by atoms with Crippen LogP contribution in [0.1, 0.15) is 16.2 Å². The zero-order chi connectivity index (χ0) is 11.8. The lowest BCUT2D eigenvalue weighted by molar-refractivity contribution is 0.111. The molecule has 0 aliphatic carbocycles. The van der Waals surface area contributed by atoms with Crippen molar-refractivity contribution in [2.75, 3.05) is 0 Å². The number of carbonyl (C=O) groups is 1. The number of aldehydes is 1. The normalized spacial score (nSPS) is 10.9. The Morgan fingerprint density at radius 1 is 1.35 bits per heavy atom. The molecule has 6 nitrogen and oxygen atoms in total. The highest BCUT2D eigenvalue weighted by Crippen LogP contribution is 2.14. The minimum Gasteiger partial charge on any atom is -0.296 e. The first-order chi connectivity index (χ1) is 8.29. The van der Waals surface area contributed by atoms with Crippen molar-refractivity contribution in [3.63, 3.8) is 0 Å². The Kier molecular flexibility index (Phi) is 2.01. The average Bonchev–Trinajstić information content (AvgIpc) is 2.86. The summed E-state index contributed by atoms with van der Waals surface area (Å²) in [5, 5.41) is 3.00. The fourth-order valence-electron chi connectivity index (χ4n) is 1.70. The maximum atomic E-state index is 10.9. The molecule has 0 spiro atoms. The van der Waals surface area contributed by atoms with E-state index in [-0.39, 0.29) is 0 Å². The first-order valence-electron chi connectivity index (χ1n) is 5.11. The Morgan fingerprint density at radius 3 is 2.94 bits per heavy atom. The second-order valence-corrected chi connectivity index (χ2v) is 3.62. The van der Waals surface area contributed by atoms with Crippen LogP contribution in [0.25, 0.3) is 17.3 Å². The van der Waals surface area contributed by atoms with E-state index in [1.165, 1.54) is 0 Å². The molecule has 0 aromatic carbocycles. The van der Waals surface area contributed by atoms with Gasteiger partial charge in [0.2, 0.25) is 0 Å². The highest BCUT2D eigenvalue weighted by molar-refractivity contribution is 5.75. The maximum absolute atomic E-state index is 10.9. The van der Waals surface area contributed by atoms with Gasteiger partial charge in [0.15, 0.2) is 12.1 Å². The van der Waals surface area contributed by atoms with E-state index in [1.807, 2.05) is 18.2 Å². The van der Waals surface area contributed by atoms with E-state index in [0.29, 0.717) is 28.7 Å². The summed E-state index contributed by atoms with van der Waals surface area (Å²) in [6.45, 7) is 1.77. The van der Waals surface area contributed by atoms with Gasteiger partial charge in [-0.2, -0.15) is 4.98 Å². The number of aromatic amines is 1. The lowest BCUT2D eigenvalue weighted by Gasteiger charge is -1.93. The van der Waals surface area contributed by atoms with Crippen molar-refractivity contribution >= 4 is 12.1 Å². The van der Waals surface area contributed by atoms with Crippen molar-refractivity contribution < 1.29 is 4.79 Å². The van der Waals surface area contributed by atoms with Crippen LogP contribution in [0.2, 0.25) is 0 Å². The molecule has 0 atom stereocenters. The van der Waals surface area contributed by atoms with Gasteiger partial charge >= 0.3 is 0 Å². The summed E-state index contributed by atoms with van der Waals surface area (Å²) in [7, 11) is 0. The quantitative estimate of drug-likeness (QED) is 0.668. The molecule has 3 heterocycles. The van der Waals surface area contributed by atoms with E-state index in [2.05, 4.69) is 20.1 Å². The lowest BCUT2D eigenvalue weighted by Crippen LogP contribution is -1.94. The number of aromatic nitrogens is 5. The van der Waals surface area contributed by atoms with E-state index >= 15 is 0 Å². The van der Waals surface area contributed by atoms with Crippen molar-refractivity contribution in [3.8, 4) is 11.5 Å². The Labute approximate surface area is 96.3 Å². The van der Waals surface area contributed by atoms with Gasteiger partial charge < -0.3 is 0 Å². The number of fused-ring (bicyclic) bond motifs is 1. The van der Waals surface area contributed by atoms with Gasteiger partial charge in [0.05, 0.1) is 5.69 Å². The number of rotatable bonds is 2. The van der Waals surface area contributed by atoms with Crippen molar-refractivity contribution in [3.05, 3.63) is 35.8 Å². The summed E-state index contributed by atoms with van der Waals surface area (Å²) in [4.78, 5) is 23.6. The Hall–Kier alpha value is -2.50. The molecule has 3 rings (SSSR count). The molecule has 3 aromatic heterocycles. The molecular weight excluding hydrogens is 218 g/mol. The van der Waals surface area contributed by atoms with Crippen LogP contribution < -0.4 is 0 Å². The van der Waals surface area contributed by atoms with Crippen LogP contribution in [0, 0.1) is 6.92 Å². The summed E-state index contributed by atoms with van der Waals surface area (Å²) >= 11 is 0. The molecule has 0 fully saturated rings. The van der Waals surface area contributed by atoms with Crippen LogP contribution in [0.15, 0.2) is 24.4 Å². The molecule has 0 radical (unpaired) electrons. The number of H-pyrrole nitrogens is 1. The molecule has 3 aromatic rings. The Balaban J connectivity index is 2.21. The number of aryl methyl sites for hydroxylation is 1. The summed E-state index contributed by atoms with van der Waals surface area (Å²) in [6.07, 6.45) is 2.45. The van der Waals surface area contributed by atoms with E-state index in [1.54, 1.807) is 17.6 Å². The van der Waals surface area contributed by atoms with Gasteiger partial charge in [-0.25, -0.2) is 9.50 Å². The Morgan fingerprint density at radius 2 is 2.24 bits per heavy atom. The largest absolute Gasteiger partial charge is 0.296 e. The maximum Gasteiger partial charge on any atom is 0.251 e. The number of hydrogen-bond acceptors (Lipinski definition) is 4. The van der Waals surface area contributed by atoms with Crippen molar-refractivity contribution in [2.24, 2.45) is 0 Å². The van der Waals surface area contributed by atoms with Crippen LogP contribution in [-0.2, 0) is 0 Å². The van der Waals surface area contributed by atoms with Gasteiger partial charge in [-0.3, -0.25) is 14.9 Å². The van der Waals surface area contributed by atoms with Crippen molar-refractivity contribution in [1.82, 2.24) is 24.6 Å². The fourth-order valence-corrected chi connectivity index (χ4v) is 1.70. The number of pyridine rings is 1. The fraction of sp³-hybridized carbons (Fsp3) is 0.0909. The second kappa shape index (κ2) is 3.51. The zero-order valence-electron chi connectivity index (χ0n) is 9.08. The number of carbonyl (C=O) groups excluding carboxylic acids is 1. The van der Waals surface area contributed by atoms with Gasteiger partial charge in [-0.15, -0.1) is 0 Å². The minimum atomic E-state index is 0.477. The minimum absolute atomic E-state index is 0.477. The van der Waals surface area contributed by atoms with Crippen molar-refractivity contribution in [2.45, 2.75) is 6.92 Å². The monoisotopic (exact) mass is 227 g/mol. The number of nitrogens with one attached hydrogen (secondary N) is 1. The SMILES string of the molecule is Cc1nc2nc(-c3ccccn3)[nH]n2c1C=O. The van der Waals surface area contributed by atoms with Crippen LogP contribution in [0.3, 0.4) is 0 Å². The predicted octanol–water partition coefficient (Wildman–Crippen LogP) is 1.24. The van der Waals surface area contributed by atoms with Crippen LogP contribution in [0.4, 0.5) is 0 Å². The molecule has 1 N–H and O–H groups in total. The second-order valence-electron chi connectivity index (χ2n) is 3.62. The zero-order valence-corrected chi connectivity index (χ0v) is 9.08. The molecular formula is C11H9N5O. The first kappa shape index (κ1) is 9.71. The molecule has 17 heavy (non-hydrogen) atoms. The molecule has 0 saturated heterocycles. The van der Waals surface area contributed by atoms with Gasteiger partial charge in [0.25, 0.3) is 5.78 Å². The molecule has 0 saturated carbocycles. The van der Waals surface area contributed by atoms with Gasteiger partial charge in [0, 0.05) is 6.20 Å². The van der Waals surface area contributed by atoms with Crippen molar-refractivity contribution in [1.29, 1.82) is 0 Å². The van der Waals surface area contributed by atoms with Crippen LogP contribution in [-0.4, -0.2) is 30.9 Å². The molecule has 0 unspecified atom stereocenters. The molecule has 84 valence electrons. The summed E-state index contributed by atoms with van der Waals surface area (Å²) in [5.74, 6) is 1.07. The first-order valence-corrected chi connectivity index (χ1v) is 5.11. The van der Waals surface area contributed by atoms with E-state index in [4.69, 9.17) is 0 Å². The van der Waals surface area contributed by atoms with Crippen LogP contribution >= 0.6 is 0 Å². The smallest absolute Gasteiger partial charge is 0.251 e. The van der Waals surface area contributed by atoms with E-state index in [0.717, 1.165) is 6.29 Å². The predicted molar refractivity (Wildman–Crippen MR) is 60.7 cm³/mol. The van der Waals surface area contributed by atoms with Gasteiger partial charge in [-0.1, -0.05) is 6.07 Å². The third-order valence-corrected chi connectivity index (χ3v) is 2.53. The number of nitrogens with zero attached hydrogens (tertiary/aromatic N) is 4. The van der Waals surface area contributed by atoms with Gasteiger partial charge in [0.1, 0.15) is 11.4 Å². The third-order valence-electron chi connectivity index (χ3n) is 2.53. The highest BCUT2D eigenvalue weighted by atomic mass is 16.1.